The molecule has 3 heteroatoms. The van der Waals surface area contributed by atoms with Crippen LogP contribution in [0.5, 0.6) is 0 Å². The number of nitrogens with one attached hydrogen (secondary N) is 1. The third kappa shape index (κ3) is 4.44. The number of hydrogen-bond acceptors (Lipinski definition) is 3. The second-order valence-electron chi connectivity index (χ2n) is 6.81. The van der Waals surface area contributed by atoms with E-state index >= 15 is 0 Å². The molecule has 0 radical (unpaired) electrons. The summed E-state index contributed by atoms with van der Waals surface area (Å²) in [5.74, 6) is 0. The molecule has 0 unspecified atom stereocenters. The zero-order valence-electron chi connectivity index (χ0n) is 12.8. The molecule has 2 rings (SSSR count). The Labute approximate surface area is 118 Å². The average molecular weight is 268 g/mol. The molecule has 2 saturated carbocycles. The fourth-order valence-electron chi connectivity index (χ4n) is 3.85. The number of rotatable bonds is 6. The van der Waals surface area contributed by atoms with Gasteiger partial charge in [-0.2, -0.15) is 0 Å². The number of nitrogens with zero attached hydrogens (tertiary/aromatic N) is 1. The molecule has 0 aromatic rings. The average Bonchev–Trinajstić information content (AvgIpc) is 2.83. The summed E-state index contributed by atoms with van der Waals surface area (Å²) in [6, 6.07) is 1.42. The van der Waals surface area contributed by atoms with E-state index in [4.69, 9.17) is 0 Å². The van der Waals surface area contributed by atoms with Gasteiger partial charge in [-0.05, 0) is 58.5 Å². The first-order valence-electron chi connectivity index (χ1n) is 8.29. The minimum absolute atomic E-state index is 0.383. The topological polar surface area (TPSA) is 35.5 Å². The number of hydrogen-bond donors (Lipinski definition) is 2. The highest BCUT2D eigenvalue weighted by Gasteiger charge is 2.34. The monoisotopic (exact) mass is 268 g/mol. The first-order chi connectivity index (χ1) is 9.13. The van der Waals surface area contributed by atoms with Crippen molar-refractivity contribution in [1.82, 2.24) is 10.2 Å². The normalized spacial score (nSPS) is 30.9. The zero-order chi connectivity index (χ0) is 13.7. The Morgan fingerprint density at radius 3 is 2.37 bits per heavy atom. The molecular formula is C16H32N2O. The molecule has 2 aliphatic carbocycles. The predicted molar refractivity (Wildman–Crippen MR) is 80.4 cm³/mol. The lowest BCUT2D eigenvalue weighted by Crippen LogP contribution is -2.47. The molecule has 0 spiro atoms. The highest BCUT2D eigenvalue weighted by Crippen LogP contribution is 2.32. The summed E-state index contributed by atoms with van der Waals surface area (Å²) in [6.07, 6.45) is 10.8. The molecule has 0 saturated heterocycles. The minimum Gasteiger partial charge on any atom is -0.389 e. The van der Waals surface area contributed by atoms with E-state index in [1.165, 1.54) is 44.9 Å². The van der Waals surface area contributed by atoms with Crippen LogP contribution in [0, 0.1) is 0 Å². The van der Waals surface area contributed by atoms with Gasteiger partial charge in [-0.15, -0.1) is 0 Å². The highest BCUT2D eigenvalue weighted by atomic mass is 16.3. The van der Waals surface area contributed by atoms with Gasteiger partial charge in [-0.1, -0.05) is 19.8 Å². The van der Waals surface area contributed by atoms with Crippen LogP contribution in [-0.2, 0) is 0 Å². The molecule has 2 aliphatic rings. The van der Waals surface area contributed by atoms with E-state index in [-0.39, 0.29) is 5.60 Å². The lowest BCUT2D eigenvalue weighted by Gasteiger charge is -2.38. The largest absolute Gasteiger partial charge is 0.389 e. The van der Waals surface area contributed by atoms with Gasteiger partial charge in [-0.3, -0.25) is 0 Å². The van der Waals surface area contributed by atoms with Crippen molar-refractivity contribution in [1.29, 1.82) is 0 Å². The minimum atomic E-state index is -0.383. The quantitative estimate of drug-likeness (QED) is 0.777. The van der Waals surface area contributed by atoms with Crippen molar-refractivity contribution in [3.8, 4) is 0 Å². The molecule has 3 nitrogen and oxygen atoms in total. The standard InChI is InChI=1S/C16H32N2O/c1-3-12-17-14-6-8-15(9-7-14)18(2)13-16(19)10-4-5-11-16/h14-15,17,19H,3-13H2,1-2H3. The van der Waals surface area contributed by atoms with Crippen molar-refractivity contribution in [2.24, 2.45) is 0 Å². The third-order valence-electron chi connectivity index (χ3n) is 5.08. The Hall–Kier alpha value is -0.120. The van der Waals surface area contributed by atoms with Crippen molar-refractivity contribution in [2.75, 3.05) is 20.1 Å². The van der Waals surface area contributed by atoms with Crippen molar-refractivity contribution < 1.29 is 5.11 Å². The Balaban J connectivity index is 1.71. The molecule has 19 heavy (non-hydrogen) atoms. The highest BCUT2D eigenvalue weighted by molar-refractivity contribution is 4.90. The van der Waals surface area contributed by atoms with E-state index < -0.39 is 0 Å². The smallest absolute Gasteiger partial charge is 0.0774 e. The van der Waals surface area contributed by atoms with E-state index in [9.17, 15) is 5.11 Å². The third-order valence-corrected chi connectivity index (χ3v) is 5.08. The van der Waals surface area contributed by atoms with E-state index in [0.29, 0.717) is 6.04 Å². The van der Waals surface area contributed by atoms with Gasteiger partial charge in [0.15, 0.2) is 0 Å². The second kappa shape index (κ2) is 7.05. The van der Waals surface area contributed by atoms with Crippen molar-refractivity contribution in [3.63, 3.8) is 0 Å². The molecule has 0 aromatic carbocycles. The van der Waals surface area contributed by atoms with Crippen LogP contribution in [0.4, 0.5) is 0 Å². The molecule has 112 valence electrons. The fraction of sp³-hybridized carbons (Fsp3) is 1.00. The SMILES string of the molecule is CCCNC1CCC(N(C)CC2(O)CCCC2)CC1. The first kappa shape index (κ1) is 15.3. The van der Waals surface area contributed by atoms with Gasteiger partial charge in [0.1, 0.15) is 0 Å². The fourth-order valence-corrected chi connectivity index (χ4v) is 3.85. The summed E-state index contributed by atoms with van der Waals surface area (Å²) in [6.45, 7) is 4.27. The number of aliphatic hydroxyl groups is 1. The zero-order valence-corrected chi connectivity index (χ0v) is 12.8. The van der Waals surface area contributed by atoms with Crippen LogP contribution in [0.15, 0.2) is 0 Å². The van der Waals surface area contributed by atoms with Crippen LogP contribution in [0.25, 0.3) is 0 Å². The predicted octanol–water partition coefficient (Wildman–Crippen LogP) is 2.53. The van der Waals surface area contributed by atoms with Crippen LogP contribution in [0.2, 0.25) is 0 Å². The maximum Gasteiger partial charge on any atom is 0.0774 e. The van der Waals surface area contributed by atoms with Gasteiger partial charge >= 0.3 is 0 Å². The van der Waals surface area contributed by atoms with Gasteiger partial charge in [0.25, 0.3) is 0 Å². The molecule has 0 amide bonds. The molecule has 0 heterocycles. The van der Waals surface area contributed by atoms with E-state index in [1.54, 1.807) is 0 Å². The Kier molecular flexibility index (Phi) is 5.67. The second-order valence-corrected chi connectivity index (χ2v) is 6.81. The molecule has 0 aliphatic heterocycles. The van der Waals surface area contributed by atoms with Crippen molar-refractivity contribution >= 4 is 0 Å². The Morgan fingerprint density at radius 1 is 1.16 bits per heavy atom. The summed E-state index contributed by atoms with van der Waals surface area (Å²) < 4.78 is 0. The summed E-state index contributed by atoms with van der Waals surface area (Å²) in [7, 11) is 2.21. The molecule has 0 aromatic heterocycles. The van der Waals surface area contributed by atoms with Crippen LogP contribution in [0.3, 0.4) is 0 Å². The van der Waals surface area contributed by atoms with E-state index in [0.717, 1.165) is 32.0 Å². The maximum absolute atomic E-state index is 10.5. The van der Waals surface area contributed by atoms with Gasteiger partial charge < -0.3 is 15.3 Å². The Bertz CT molecular complexity index is 255. The molecule has 2 fully saturated rings. The van der Waals surface area contributed by atoms with Gasteiger partial charge in [0, 0.05) is 18.6 Å². The first-order valence-corrected chi connectivity index (χ1v) is 8.29. The Morgan fingerprint density at radius 2 is 1.79 bits per heavy atom. The van der Waals surface area contributed by atoms with Gasteiger partial charge in [-0.25, -0.2) is 0 Å². The van der Waals surface area contributed by atoms with Crippen LogP contribution in [-0.4, -0.2) is 47.8 Å². The van der Waals surface area contributed by atoms with E-state index in [1.807, 2.05) is 0 Å². The lowest BCUT2D eigenvalue weighted by molar-refractivity contribution is -0.000299. The summed E-state index contributed by atoms with van der Waals surface area (Å²) >= 11 is 0. The molecule has 0 atom stereocenters. The molecule has 2 N–H and O–H groups in total. The van der Waals surface area contributed by atoms with Gasteiger partial charge in [0.2, 0.25) is 0 Å². The van der Waals surface area contributed by atoms with Crippen molar-refractivity contribution in [3.05, 3.63) is 0 Å². The van der Waals surface area contributed by atoms with Crippen molar-refractivity contribution in [2.45, 2.75) is 82.4 Å². The summed E-state index contributed by atoms with van der Waals surface area (Å²) in [4.78, 5) is 2.43. The molecule has 0 bridgehead atoms. The van der Waals surface area contributed by atoms with E-state index in [2.05, 4.69) is 24.2 Å². The van der Waals surface area contributed by atoms with Crippen LogP contribution < -0.4 is 5.32 Å². The summed E-state index contributed by atoms with van der Waals surface area (Å²) in [5, 5.41) is 14.1. The van der Waals surface area contributed by atoms with Crippen LogP contribution >= 0.6 is 0 Å². The lowest BCUT2D eigenvalue weighted by atomic mass is 9.89. The number of likely N-dealkylation sites (N-methyl/N-ethyl adjacent to an activating group) is 1. The van der Waals surface area contributed by atoms with Crippen LogP contribution in [0.1, 0.15) is 64.7 Å². The maximum atomic E-state index is 10.5. The summed E-state index contributed by atoms with van der Waals surface area (Å²) in [5.41, 5.74) is -0.383. The molecular weight excluding hydrogens is 236 g/mol. The van der Waals surface area contributed by atoms with Gasteiger partial charge in [0.05, 0.1) is 5.60 Å².